The van der Waals surface area contributed by atoms with Crippen molar-refractivity contribution in [3.63, 3.8) is 0 Å². The molecular formula is C19H33ClN2O4. The van der Waals surface area contributed by atoms with E-state index in [0.29, 0.717) is 18.0 Å². The van der Waals surface area contributed by atoms with Crippen molar-refractivity contribution >= 4 is 17.6 Å². The maximum atomic E-state index is 12.5. The van der Waals surface area contributed by atoms with Gasteiger partial charge in [-0.15, -0.1) is 11.6 Å². The number of esters is 1. The third-order valence-corrected chi connectivity index (χ3v) is 6.74. The second kappa shape index (κ2) is 9.69. The van der Waals surface area contributed by atoms with Crippen LogP contribution in [0.2, 0.25) is 0 Å². The molecule has 0 aromatic heterocycles. The van der Waals surface area contributed by atoms with E-state index in [9.17, 15) is 9.90 Å². The number of hydrogen-bond donors (Lipinski definition) is 4. The summed E-state index contributed by atoms with van der Waals surface area (Å²) in [7, 11) is 0. The summed E-state index contributed by atoms with van der Waals surface area (Å²) in [6.07, 6.45) is 7.29. The van der Waals surface area contributed by atoms with Crippen molar-refractivity contribution in [1.82, 2.24) is 10.6 Å². The molecule has 0 radical (unpaired) electrons. The fraction of sp³-hybridized carbons (Fsp3) is 0.947. The standard InChI is InChI=1S/C19H33ClN2O4/c20-12-5-6-14-17(7-8-21-18(14)9-12)22-16-4-2-1-3-15(16)19(25)26-11-13(24)10-23/h12-18,21-24H,1-11H2/t12?,13-,14?,15?,16?,17?,18?/m0/s1. The predicted molar refractivity (Wildman–Crippen MR) is 100 cm³/mol. The molecule has 3 aliphatic rings. The molecule has 0 aromatic carbocycles. The Bertz CT molecular complexity index is 467. The Labute approximate surface area is 161 Å². The van der Waals surface area contributed by atoms with Crippen LogP contribution in [0.3, 0.4) is 0 Å². The lowest BCUT2D eigenvalue weighted by Gasteiger charge is -2.46. The summed E-state index contributed by atoms with van der Waals surface area (Å²) >= 11 is 6.35. The van der Waals surface area contributed by atoms with Gasteiger partial charge in [0.2, 0.25) is 0 Å². The molecule has 1 aliphatic heterocycles. The minimum atomic E-state index is -0.995. The van der Waals surface area contributed by atoms with E-state index in [0.717, 1.165) is 57.9 Å². The zero-order valence-electron chi connectivity index (χ0n) is 15.4. The number of piperidine rings is 1. The van der Waals surface area contributed by atoms with Gasteiger partial charge in [0.15, 0.2) is 0 Å². The summed E-state index contributed by atoms with van der Waals surface area (Å²) in [6, 6.07) is 1.04. The number of carbonyl (C=O) groups is 1. The van der Waals surface area contributed by atoms with Gasteiger partial charge in [-0.2, -0.15) is 0 Å². The molecule has 3 rings (SSSR count). The summed E-state index contributed by atoms with van der Waals surface area (Å²) in [5.74, 6) is 0.172. The van der Waals surface area contributed by atoms with Crippen LogP contribution in [0, 0.1) is 11.8 Å². The van der Waals surface area contributed by atoms with Gasteiger partial charge in [-0.05, 0) is 51.0 Å². The van der Waals surface area contributed by atoms with Crippen molar-refractivity contribution in [2.24, 2.45) is 11.8 Å². The highest BCUT2D eigenvalue weighted by Gasteiger charge is 2.40. The van der Waals surface area contributed by atoms with Crippen molar-refractivity contribution < 1.29 is 19.7 Å². The Kier molecular flexibility index (Phi) is 7.58. The Morgan fingerprint density at radius 3 is 2.81 bits per heavy atom. The number of fused-ring (bicyclic) bond motifs is 1. The smallest absolute Gasteiger partial charge is 0.310 e. The summed E-state index contributed by atoms with van der Waals surface area (Å²) in [5, 5.41) is 26.0. The molecule has 150 valence electrons. The van der Waals surface area contributed by atoms with Gasteiger partial charge >= 0.3 is 5.97 Å². The normalized spacial score (nSPS) is 39.0. The lowest BCUT2D eigenvalue weighted by molar-refractivity contribution is -0.154. The molecule has 6 nitrogen and oxygen atoms in total. The number of aliphatic hydroxyl groups excluding tert-OH is 2. The van der Waals surface area contributed by atoms with E-state index in [-0.39, 0.29) is 36.5 Å². The van der Waals surface area contributed by atoms with Crippen LogP contribution in [0.15, 0.2) is 0 Å². The molecule has 26 heavy (non-hydrogen) atoms. The topological polar surface area (TPSA) is 90.8 Å². The van der Waals surface area contributed by atoms with Crippen LogP contribution in [-0.4, -0.2) is 65.5 Å². The number of halogens is 1. The molecule has 0 spiro atoms. The zero-order valence-corrected chi connectivity index (χ0v) is 16.2. The maximum absolute atomic E-state index is 12.5. The van der Waals surface area contributed by atoms with E-state index >= 15 is 0 Å². The number of hydrogen-bond acceptors (Lipinski definition) is 6. The monoisotopic (exact) mass is 388 g/mol. The van der Waals surface area contributed by atoms with Crippen molar-refractivity contribution in [3.8, 4) is 0 Å². The van der Waals surface area contributed by atoms with Crippen LogP contribution in [0.1, 0.15) is 51.4 Å². The maximum Gasteiger partial charge on any atom is 0.310 e. The first-order chi connectivity index (χ1) is 12.6. The Hall–Kier alpha value is -0.400. The molecule has 1 saturated heterocycles. The van der Waals surface area contributed by atoms with Crippen molar-refractivity contribution in [3.05, 3.63) is 0 Å². The van der Waals surface area contributed by atoms with E-state index in [1.165, 1.54) is 0 Å². The molecule has 2 saturated carbocycles. The second-order valence-electron chi connectivity index (χ2n) is 8.16. The van der Waals surface area contributed by atoms with Crippen LogP contribution in [0.5, 0.6) is 0 Å². The number of nitrogens with one attached hydrogen (secondary N) is 2. The van der Waals surface area contributed by atoms with Crippen LogP contribution in [0.25, 0.3) is 0 Å². The lowest BCUT2D eigenvalue weighted by atomic mass is 9.75. The van der Waals surface area contributed by atoms with Gasteiger partial charge in [-0.3, -0.25) is 4.79 Å². The average Bonchev–Trinajstić information content (AvgIpc) is 2.66. The SMILES string of the molecule is O=C(OC[C@@H](O)CO)C1CCCCC1NC1CCNC2CC(Cl)CCC21. The molecule has 7 atom stereocenters. The lowest BCUT2D eigenvalue weighted by Crippen LogP contribution is -2.59. The Balaban J connectivity index is 1.58. The van der Waals surface area contributed by atoms with Crippen molar-refractivity contribution in [2.45, 2.75) is 81.0 Å². The van der Waals surface area contributed by atoms with E-state index in [4.69, 9.17) is 21.4 Å². The highest BCUT2D eigenvalue weighted by atomic mass is 35.5. The predicted octanol–water partition coefficient (Wildman–Crippen LogP) is 1.17. The molecule has 4 N–H and O–H groups in total. The number of alkyl halides is 1. The molecule has 2 aliphatic carbocycles. The van der Waals surface area contributed by atoms with Crippen LogP contribution >= 0.6 is 11.6 Å². The van der Waals surface area contributed by atoms with Gasteiger partial charge in [0.1, 0.15) is 12.7 Å². The first-order valence-electron chi connectivity index (χ1n) is 10.2. The summed E-state index contributed by atoms with van der Waals surface area (Å²) in [4.78, 5) is 12.5. The van der Waals surface area contributed by atoms with Crippen molar-refractivity contribution in [2.75, 3.05) is 19.8 Å². The Morgan fingerprint density at radius 2 is 2.00 bits per heavy atom. The minimum absolute atomic E-state index is 0.131. The zero-order chi connectivity index (χ0) is 18.5. The fourth-order valence-electron chi connectivity index (χ4n) is 4.93. The van der Waals surface area contributed by atoms with Gasteiger partial charge in [0.25, 0.3) is 0 Å². The van der Waals surface area contributed by atoms with Gasteiger partial charge in [-0.25, -0.2) is 0 Å². The third-order valence-electron chi connectivity index (χ3n) is 6.34. The van der Waals surface area contributed by atoms with Gasteiger partial charge < -0.3 is 25.6 Å². The number of carbonyl (C=O) groups excluding carboxylic acids is 1. The first-order valence-corrected chi connectivity index (χ1v) is 10.6. The molecule has 0 amide bonds. The number of rotatable bonds is 6. The Morgan fingerprint density at radius 1 is 1.19 bits per heavy atom. The highest BCUT2D eigenvalue weighted by Crippen LogP contribution is 2.35. The van der Waals surface area contributed by atoms with Gasteiger partial charge in [0, 0.05) is 23.5 Å². The number of aliphatic hydroxyl groups is 2. The molecule has 6 unspecified atom stereocenters. The summed E-state index contributed by atoms with van der Waals surface area (Å²) in [5.41, 5.74) is 0. The second-order valence-corrected chi connectivity index (χ2v) is 8.78. The summed E-state index contributed by atoms with van der Waals surface area (Å²) < 4.78 is 5.26. The molecule has 1 heterocycles. The van der Waals surface area contributed by atoms with Gasteiger partial charge in [-0.1, -0.05) is 12.8 Å². The molecule has 3 fully saturated rings. The fourth-order valence-corrected chi connectivity index (χ4v) is 5.25. The van der Waals surface area contributed by atoms with Crippen LogP contribution in [-0.2, 0) is 9.53 Å². The quantitative estimate of drug-likeness (QED) is 0.403. The van der Waals surface area contributed by atoms with Crippen molar-refractivity contribution in [1.29, 1.82) is 0 Å². The molecule has 7 heteroatoms. The highest BCUT2D eigenvalue weighted by molar-refractivity contribution is 6.20. The largest absolute Gasteiger partial charge is 0.463 e. The molecule has 0 aromatic rings. The van der Waals surface area contributed by atoms with E-state index < -0.39 is 6.10 Å². The average molecular weight is 389 g/mol. The first kappa shape index (κ1) is 20.3. The number of ether oxygens (including phenoxy) is 1. The minimum Gasteiger partial charge on any atom is -0.463 e. The molecular weight excluding hydrogens is 356 g/mol. The third kappa shape index (κ3) is 5.10. The van der Waals surface area contributed by atoms with E-state index in [1.807, 2.05) is 0 Å². The van der Waals surface area contributed by atoms with E-state index in [2.05, 4.69) is 10.6 Å². The molecule has 0 bridgehead atoms. The van der Waals surface area contributed by atoms with Crippen LogP contribution in [0.4, 0.5) is 0 Å². The summed E-state index contributed by atoms with van der Waals surface area (Å²) in [6.45, 7) is 0.472. The van der Waals surface area contributed by atoms with Crippen LogP contribution < -0.4 is 10.6 Å². The van der Waals surface area contributed by atoms with Gasteiger partial charge in [0.05, 0.1) is 12.5 Å². The van der Waals surface area contributed by atoms with E-state index in [1.54, 1.807) is 0 Å².